The summed E-state index contributed by atoms with van der Waals surface area (Å²) in [6.07, 6.45) is 1.20. The molecule has 0 fully saturated rings. The van der Waals surface area contributed by atoms with Crippen LogP contribution < -0.4 is 5.32 Å². The van der Waals surface area contributed by atoms with E-state index < -0.39 is 27.6 Å². The predicted octanol–water partition coefficient (Wildman–Crippen LogP) is 2.34. The molecule has 2 rings (SSSR count). The minimum absolute atomic E-state index is 0.0414. The highest BCUT2D eigenvalue weighted by molar-refractivity contribution is 7.99. The lowest BCUT2D eigenvalue weighted by molar-refractivity contribution is -0.113. The molecule has 1 aromatic heterocycles. The predicted molar refractivity (Wildman–Crippen MR) is 90.8 cm³/mol. The number of rotatable bonds is 6. The van der Waals surface area contributed by atoms with Crippen molar-refractivity contribution in [2.24, 2.45) is 0 Å². The van der Waals surface area contributed by atoms with Crippen molar-refractivity contribution in [2.75, 3.05) is 25.2 Å². The largest absolute Gasteiger partial charge is 0.323 e. The summed E-state index contributed by atoms with van der Waals surface area (Å²) in [5, 5.41) is 2.76. The van der Waals surface area contributed by atoms with Crippen LogP contribution in [0.4, 0.5) is 14.5 Å². The molecule has 0 saturated carbocycles. The van der Waals surface area contributed by atoms with Crippen LogP contribution in [0.1, 0.15) is 0 Å². The van der Waals surface area contributed by atoms with Gasteiger partial charge in [0.1, 0.15) is 16.5 Å². The Bertz CT molecular complexity index is 872. The fourth-order valence-corrected chi connectivity index (χ4v) is 3.22. The van der Waals surface area contributed by atoms with E-state index in [-0.39, 0.29) is 16.3 Å². The Labute approximate surface area is 148 Å². The topological polar surface area (TPSA) is 79.4 Å². The lowest BCUT2D eigenvalue weighted by atomic mass is 10.3. The second-order valence-electron chi connectivity index (χ2n) is 5.08. The standard InChI is InChI=1S/C15H15F2N3O3S2/c1-20(2)25(22,23)11-4-6-15(18-8-11)24-9-14(21)19-13-5-3-10(16)7-12(13)17/h3-8H,9H2,1-2H3,(H,19,21). The second kappa shape index (κ2) is 7.89. The summed E-state index contributed by atoms with van der Waals surface area (Å²) in [6.45, 7) is 0. The number of aromatic nitrogens is 1. The van der Waals surface area contributed by atoms with Gasteiger partial charge in [0, 0.05) is 26.4 Å². The van der Waals surface area contributed by atoms with E-state index in [4.69, 9.17) is 0 Å². The van der Waals surface area contributed by atoms with E-state index in [0.717, 1.165) is 28.2 Å². The van der Waals surface area contributed by atoms with Gasteiger partial charge >= 0.3 is 0 Å². The molecular weight excluding hydrogens is 372 g/mol. The average Bonchev–Trinajstić information content (AvgIpc) is 2.56. The Morgan fingerprint density at radius 3 is 2.52 bits per heavy atom. The zero-order chi connectivity index (χ0) is 18.6. The van der Waals surface area contributed by atoms with Crippen molar-refractivity contribution in [3.63, 3.8) is 0 Å². The second-order valence-corrected chi connectivity index (χ2v) is 8.23. The quantitative estimate of drug-likeness (QED) is 0.770. The van der Waals surface area contributed by atoms with Gasteiger partial charge in [0.05, 0.1) is 16.5 Å². The summed E-state index contributed by atoms with van der Waals surface area (Å²) in [7, 11) is -0.737. The first kappa shape index (κ1) is 19.3. The molecule has 0 atom stereocenters. The minimum atomic E-state index is -3.56. The van der Waals surface area contributed by atoms with Crippen molar-refractivity contribution in [3.8, 4) is 0 Å². The lowest BCUT2D eigenvalue weighted by Crippen LogP contribution is -2.22. The summed E-state index contributed by atoms with van der Waals surface area (Å²) < 4.78 is 51.2. The van der Waals surface area contributed by atoms with Crippen LogP contribution in [0.5, 0.6) is 0 Å². The fourth-order valence-electron chi connectivity index (χ4n) is 1.73. The SMILES string of the molecule is CN(C)S(=O)(=O)c1ccc(SCC(=O)Nc2ccc(F)cc2F)nc1. The van der Waals surface area contributed by atoms with Gasteiger partial charge in [0.15, 0.2) is 0 Å². The zero-order valence-corrected chi connectivity index (χ0v) is 15.0. The maximum Gasteiger partial charge on any atom is 0.244 e. The molecule has 0 bridgehead atoms. The monoisotopic (exact) mass is 387 g/mol. The van der Waals surface area contributed by atoms with Crippen molar-refractivity contribution < 1.29 is 22.0 Å². The molecule has 10 heteroatoms. The summed E-state index contributed by atoms with van der Waals surface area (Å²) in [5.41, 5.74) is -0.118. The summed E-state index contributed by atoms with van der Waals surface area (Å²) >= 11 is 1.06. The Morgan fingerprint density at radius 1 is 1.24 bits per heavy atom. The molecule has 0 saturated heterocycles. The van der Waals surface area contributed by atoms with Crippen LogP contribution >= 0.6 is 11.8 Å². The molecule has 2 aromatic rings. The first-order valence-electron chi connectivity index (χ1n) is 6.96. The number of sulfonamides is 1. The Kier molecular flexibility index (Phi) is 6.09. The summed E-state index contributed by atoms with van der Waals surface area (Å²) in [4.78, 5) is 15.8. The molecule has 0 unspecified atom stereocenters. The van der Waals surface area contributed by atoms with E-state index in [1.165, 1.54) is 32.4 Å². The van der Waals surface area contributed by atoms with Gasteiger partial charge < -0.3 is 5.32 Å². The molecule has 0 spiro atoms. The van der Waals surface area contributed by atoms with Crippen molar-refractivity contribution >= 4 is 33.4 Å². The van der Waals surface area contributed by atoms with E-state index in [1.54, 1.807) is 0 Å². The van der Waals surface area contributed by atoms with Gasteiger partial charge in [-0.25, -0.2) is 26.5 Å². The van der Waals surface area contributed by atoms with Gasteiger partial charge in [0.2, 0.25) is 15.9 Å². The van der Waals surface area contributed by atoms with Crippen LogP contribution in [0.2, 0.25) is 0 Å². The highest BCUT2D eigenvalue weighted by Gasteiger charge is 2.17. The Hall–Kier alpha value is -2.04. The van der Waals surface area contributed by atoms with Crippen molar-refractivity contribution in [2.45, 2.75) is 9.92 Å². The number of carbonyl (C=O) groups is 1. The van der Waals surface area contributed by atoms with Crippen LogP contribution in [0, 0.1) is 11.6 Å². The van der Waals surface area contributed by atoms with Gasteiger partial charge in [-0.05, 0) is 24.3 Å². The molecule has 0 aliphatic rings. The molecule has 134 valence electrons. The third-order valence-corrected chi connectivity index (χ3v) is 5.79. The number of amides is 1. The average molecular weight is 387 g/mol. The first-order chi connectivity index (χ1) is 11.7. The maximum atomic E-state index is 13.5. The van der Waals surface area contributed by atoms with Gasteiger partial charge in [0.25, 0.3) is 0 Å². The fraction of sp³-hybridized carbons (Fsp3) is 0.200. The molecular formula is C15H15F2N3O3S2. The molecule has 0 aliphatic carbocycles. The van der Waals surface area contributed by atoms with Crippen LogP contribution in [0.3, 0.4) is 0 Å². The van der Waals surface area contributed by atoms with E-state index >= 15 is 0 Å². The number of anilines is 1. The molecule has 1 aromatic carbocycles. The molecule has 1 amide bonds. The molecule has 1 heterocycles. The number of halogens is 2. The number of hydrogen-bond donors (Lipinski definition) is 1. The number of pyridine rings is 1. The Balaban J connectivity index is 1.96. The van der Waals surface area contributed by atoms with Gasteiger partial charge in [-0.15, -0.1) is 0 Å². The number of benzene rings is 1. The zero-order valence-electron chi connectivity index (χ0n) is 13.4. The molecule has 6 nitrogen and oxygen atoms in total. The van der Waals surface area contributed by atoms with Crippen LogP contribution in [0.25, 0.3) is 0 Å². The normalized spacial score (nSPS) is 11.6. The molecule has 0 radical (unpaired) electrons. The number of hydrogen-bond acceptors (Lipinski definition) is 5. The number of thioether (sulfide) groups is 1. The van der Waals surface area contributed by atoms with Gasteiger partial charge in [-0.2, -0.15) is 0 Å². The maximum absolute atomic E-state index is 13.5. The van der Waals surface area contributed by atoms with Gasteiger partial charge in [-0.1, -0.05) is 11.8 Å². The molecule has 25 heavy (non-hydrogen) atoms. The summed E-state index contributed by atoms with van der Waals surface area (Å²) in [5.74, 6) is -2.16. The Morgan fingerprint density at radius 2 is 1.96 bits per heavy atom. The summed E-state index contributed by atoms with van der Waals surface area (Å²) in [6, 6.07) is 5.72. The number of carbonyl (C=O) groups excluding carboxylic acids is 1. The molecule has 0 aliphatic heterocycles. The van der Waals surface area contributed by atoms with Crippen molar-refractivity contribution in [1.29, 1.82) is 0 Å². The van der Waals surface area contributed by atoms with Gasteiger partial charge in [-0.3, -0.25) is 4.79 Å². The van der Waals surface area contributed by atoms with E-state index in [9.17, 15) is 22.0 Å². The van der Waals surface area contributed by atoms with Crippen molar-refractivity contribution in [1.82, 2.24) is 9.29 Å². The highest BCUT2D eigenvalue weighted by atomic mass is 32.2. The molecule has 1 N–H and O–H groups in total. The highest BCUT2D eigenvalue weighted by Crippen LogP contribution is 2.20. The van der Waals surface area contributed by atoms with Crippen LogP contribution in [0.15, 0.2) is 46.5 Å². The smallest absolute Gasteiger partial charge is 0.244 e. The lowest BCUT2D eigenvalue weighted by Gasteiger charge is -2.11. The number of nitrogens with one attached hydrogen (secondary N) is 1. The van der Waals surface area contributed by atoms with Crippen molar-refractivity contribution in [3.05, 3.63) is 48.2 Å². The first-order valence-corrected chi connectivity index (χ1v) is 9.39. The van der Waals surface area contributed by atoms with Crippen LogP contribution in [-0.2, 0) is 14.8 Å². The minimum Gasteiger partial charge on any atom is -0.323 e. The third-order valence-electron chi connectivity index (χ3n) is 3.04. The number of nitrogens with zero attached hydrogens (tertiary/aromatic N) is 2. The third kappa shape index (κ3) is 4.97. The van der Waals surface area contributed by atoms with Crippen LogP contribution in [-0.4, -0.2) is 43.5 Å². The van der Waals surface area contributed by atoms with E-state index in [0.29, 0.717) is 11.1 Å². The van der Waals surface area contributed by atoms with E-state index in [1.807, 2.05) is 0 Å². The van der Waals surface area contributed by atoms with E-state index in [2.05, 4.69) is 10.3 Å².